The maximum absolute atomic E-state index is 13.6. The first-order chi connectivity index (χ1) is 31.9. The minimum Gasteiger partial charge on any atom is -0.497 e. The van der Waals surface area contributed by atoms with Crippen LogP contribution in [0.4, 0.5) is 0 Å². The average molecular weight is 920 g/mol. The van der Waals surface area contributed by atoms with Gasteiger partial charge in [-0.2, -0.15) is 0 Å². The largest absolute Gasteiger partial charge is 0.497 e. The number of nitrogens with zero attached hydrogens (tertiary/aromatic N) is 1. The smallest absolute Gasteiger partial charge is 0.306 e. The Morgan fingerprint density at radius 2 is 1.62 bits per heavy atom. The van der Waals surface area contributed by atoms with Crippen molar-refractivity contribution in [3.8, 4) is 23.0 Å². The lowest BCUT2D eigenvalue weighted by Crippen LogP contribution is -2.43. The van der Waals surface area contributed by atoms with E-state index < -0.39 is 17.8 Å². The van der Waals surface area contributed by atoms with Gasteiger partial charge in [0.25, 0.3) is 5.91 Å². The van der Waals surface area contributed by atoms with Crippen molar-refractivity contribution in [2.75, 3.05) is 41.3 Å². The van der Waals surface area contributed by atoms with Gasteiger partial charge >= 0.3 is 11.9 Å². The maximum atomic E-state index is 13.6. The molecule has 1 fully saturated rings. The van der Waals surface area contributed by atoms with E-state index in [0.717, 1.165) is 27.8 Å². The van der Waals surface area contributed by atoms with Gasteiger partial charge in [-0.1, -0.05) is 17.7 Å². The van der Waals surface area contributed by atoms with Crippen molar-refractivity contribution in [3.05, 3.63) is 129 Å². The van der Waals surface area contributed by atoms with E-state index in [1.165, 1.54) is 19.5 Å². The summed E-state index contributed by atoms with van der Waals surface area (Å²) in [6.07, 6.45) is 2.29. The number of carbonyl (C=O) groups is 5. The highest BCUT2D eigenvalue weighted by Crippen LogP contribution is 2.55. The summed E-state index contributed by atoms with van der Waals surface area (Å²) < 4.78 is 41.4. The zero-order valence-corrected chi connectivity index (χ0v) is 38.0. The summed E-state index contributed by atoms with van der Waals surface area (Å²) in [6.45, 7) is 4.32. The van der Waals surface area contributed by atoms with E-state index in [9.17, 15) is 24.0 Å². The number of rotatable bonds is 14. The molecule has 0 radical (unpaired) electrons. The second-order valence-electron chi connectivity index (χ2n) is 16.5. The van der Waals surface area contributed by atoms with Crippen LogP contribution in [0.2, 0.25) is 5.02 Å². The number of benzene rings is 4. The average Bonchev–Trinajstić information content (AvgIpc) is 3.58. The Kier molecular flexibility index (Phi) is 13.7. The molecule has 5 aromatic rings. The summed E-state index contributed by atoms with van der Waals surface area (Å²) in [6, 6.07) is 19.9. The van der Waals surface area contributed by atoms with Crippen molar-refractivity contribution in [1.82, 2.24) is 15.2 Å². The van der Waals surface area contributed by atoms with Crippen LogP contribution in [-0.4, -0.2) is 75.6 Å². The molecule has 2 aliphatic heterocycles. The number of aromatic nitrogens is 1. The second kappa shape index (κ2) is 19.7. The molecule has 66 heavy (non-hydrogen) atoms. The minimum absolute atomic E-state index is 0.00347. The van der Waals surface area contributed by atoms with Gasteiger partial charge in [-0.3, -0.25) is 28.5 Å². The summed E-state index contributed by atoms with van der Waals surface area (Å²) in [4.78, 5) is 65.8. The van der Waals surface area contributed by atoms with Crippen LogP contribution in [-0.2, 0) is 46.4 Å². The fourth-order valence-corrected chi connectivity index (χ4v) is 9.66. The molecule has 1 aromatic heterocycles. The molecule has 0 spiro atoms. The third kappa shape index (κ3) is 9.31. The van der Waals surface area contributed by atoms with Crippen molar-refractivity contribution in [3.63, 3.8) is 0 Å². The standard InChI is InChI=1S/C50H50ClN3O12/c1-27-16-30(18-43(61-4)49(27)62-5)48-37-20-42-31(23-63-26-66-42)17-35(37)39(40-25-65-47(58)22-38(40)48)24-64-46(57)13-12-44(55)52-14-15-53-45(56)21-34-28(2)54(41-11-10-33(60-3)19-36(34)41)50(59)29-6-8-32(51)9-7-29/h6-11,14-20,38-40,48H,12-13,21-26H2,1-5H3,(H,52,55)(H,53,56)/b15-14+. The maximum Gasteiger partial charge on any atom is 0.306 e. The van der Waals surface area contributed by atoms with Gasteiger partial charge in [-0.05, 0) is 108 Å². The Labute approximate surface area is 386 Å². The highest BCUT2D eigenvalue weighted by Gasteiger charge is 2.48. The first kappa shape index (κ1) is 45.7. The fourth-order valence-electron chi connectivity index (χ4n) is 9.53. The van der Waals surface area contributed by atoms with Crippen molar-refractivity contribution < 1.29 is 57.1 Å². The first-order valence-corrected chi connectivity index (χ1v) is 21.9. The van der Waals surface area contributed by atoms with Crippen LogP contribution < -0.4 is 29.6 Å². The quantitative estimate of drug-likeness (QED) is 0.108. The lowest BCUT2D eigenvalue weighted by atomic mass is 9.60. The monoisotopic (exact) mass is 919 g/mol. The van der Waals surface area contributed by atoms with E-state index in [1.807, 2.05) is 25.1 Å². The van der Waals surface area contributed by atoms with Crippen LogP contribution in [0.5, 0.6) is 23.0 Å². The number of nitrogens with one attached hydrogen (secondary N) is 2. The highest BCUT2D eigenvalue weighted by molar-refractivity contribution is 6.30. The van der Waals surface area contributed by atoms with Crippen LogP contribution in [0.25, 0.3) is 10.9 Å². The van der Waals surface area contributed by atoms with Gasteiger partial charge in [-0.15, -0.1) is 0 Å². The number of carbonyl (C=O) groups excluding carboxylic acids is 5. The second-order valence-corrected chi connectivity index (χ2v) is 16.9. The SMILES string of the molecule is COc1ccc2c(c1)c(CC(=O)N/C=C/NC(=O)CCC(=O)OCC1c3cc4c(cc3C(c3cc(C)c(OC)c(OC)c3)C3CC(=O)OCC13)OCOC4)c(C)n2C(=O)c1ccc(Cl)cc1. The predicted octanol–water partition coefficient (Wildman–Crippen LogP) is 7.17. The van der Waals surface area contributed by atoms with E-state index in [4.69, 9.17) is 44.8 Å². The molecule has 1 saturated heterocycles. The molecule has 0 saturated carbocycles. The van der Waals surface area contributed by atoms with Gasteiger partial charge in [0.05, 0.1) is 59.5 Å². The van der Waals surface area contributed by atoms with Crippen LogP contribution in [0.3, 0.4) is 0 Å². The third-order valence-electron chi connectivity index (χ3n) is 12.7. The summed E-state index contributed by atoms with van der Waals surface area (Å²) in [5.41, 5.74) is 6.83. The molecule has 4 aromatic carbocycles. The number of amides is 2. The lowest BCUT2D eigenvalue weighted by Gasteiger charge is -2.46. The van der Waals surface area contributed by atoms with Gasteiger partial charge in [0.1, 0.15) is 11.5 Å². The van der Waals surface area contributed by atoms with Crippen LogP contribution in [0.15, 0.2) is 79.1 Å². The number of cyclic esters (lactones) is 1. The van der Waals surface area contributed by atoms with Gasteiger partial charge in [0.2, 0.25) is 11.8 Å². The van der Waals surface area contributed by atoms with Crippen LogP contribution in [0.1, 0.15) is 80.5 Å². The van der Waals surface area contributed by atoms with E-state index in [0.29, 0.717) is 62.4 Å². The Morgan fingerprint density at radius 1 is 0.848 bits per heavy atom. The minimum atomic E-state index is -0.573. The molecular formula is C50H50ClN3O12. The number of esters is 2. The third-order valence-corrected chi connectivity index (χ3v) is 12.9. The van der Waals surface area contributed by atoms with E-state index in [2.05, 4.69) is 16.7 Å². The summed E-state index contributed by atoms with van der Waals surface area (Å²) in [7, 11) is 4.72. The van der Waals surface area contributed by atoms with Gasteiger partial charge in [0, 0.05) is 70.2 Å². The molecule has 15 nitrogen and oxygen atoms in total. The van der Waals surface area contributed by atoms with E-state index in [-0.39, 0.29) is 81.2 Å². The molecule has 16 heteroatoms. The van der Waals surface area contributed by atoms with Crippen molar-refractivity contribution in [2.45, 2.75) is 58.0 Å². The number of fused-ring (bicyclic) bond motifs is 4. The zero-order valence-electron chi connectivity index (χ0n) is 37.2. The molecule has 8 rings (SSSR count). The van der Waals surface area contributed by atoms with Crippen LogP contribution >= 0.6 is 11.6 Å². The lowest BCUT2D eigenvalue weighted by molar-refractivity contribution is -0.157. The van der Waals surface area contributed by atoms with Crippen LogP contribution in [0, 0.1) is 25.7 Å². The number of aryl methyl sites for hydroxylation is 1. The number of ether oxygens (including phenoxy) is 7. The zero-order chi connectivity index (χ0) is 46.6. The Bertz CT molecular complexity index is 2750. The molecule has 3 heterocycles. The molecular weight excluding hydrogens is 870 g/mol. The van der Waals surface area contributed by atoms with Gasteiger partial charge in [0.15, 0.2) is 18.3 Å². The number of hydrogen-bond donors (Lipinski definition) is 2. The molecule has 4 unspecified atom stereocenters. The highest BCUT2D eigenvalue weighted by atomic mass is 35.5. The van der Waals surface area contributed by atoms with Gasteiger partial charge in [-0.25, -0.2) is 0 Å². The number of methoxy groups -OCH3 is 3. The number of hydrogen-bond acceptors (Lipinski definition) is 12. The summed E-state index contributed by atoms with van der Waals surface area (Å²) in [5.74, 6) is -0.527. The van der Waals surface area contributed by atoms with Crippen molar-refractivity contribution in [2.24, 2.45) is 11.8 Å². The normalized spacial score (nSPS) is 18.5. The molecule has 3 aliphatic rings. The van der Waals surface area contributed by atoms with Crippen molar-refractivity contribution >= 4 is 52.2 Å². The molecule has 0 bridgehead atoms. The van der Waals surface area contributed by atoms with E-state index >= 15 is 0 Å². The number of halogens is 1. The molecule has 2 N–H and O–H groups in total. The molecule has 344 valence electrons. The van der Waals surface area contributed by atoms with Gasteiger partial charge < -0.3 is 43.8 Å². The molecule has 2 amide bonds. The Balaban J connectivity index is 0.906. The summed E-state index contributed by atoms with van der Waals surface area (Å²) in [5, 5.41) is 6.42. The first-order valence-electron chi connectivity index (χ1n) is 21.5. The van der Waals surface area contributed by atoms with Crippen molar-refractivity contribution in [1.29, 1.82) is 0 Å². The topological polar surface area (TPSA) is 179 Å². The fraction of sp³-hybridized carbons (Fsp3) is 0.340. The Morgan fingerprint density at radius 3 is 2.36 bits per heavy atom. The van der Waals surface area contributed by atoms with E-state index in [1.54, 1.807) is 68.2 Å². The molecule has 4 atom stereocenters. The molecule has 1 aliphatic carbocycles. The summed E-state index contributed by atoms with van der Waals surface area (Å²) >= 11 is 6.05. The predicted molar refractivity (Wildman–Crippen MR) is 242 cm³/mol. The Hall–Kier alpha value is -6.84.